The second kappa shape index (κ2) is 6.21. The Hall–Kier alpha value is -3.74. The third-order valence-electron chi connectivity index (χ3n) is 4.73. The van der Waals surface area contributed by atoms with Crippen LogP contribution < -0.4 is 0 Å². The molecule has 4 aromatic rings. The fourth-order valence-corrected chi connectivity index (χ4v) is 3.53. The Morgan fingerprint density at radius 3 is 2.33 bits per heavy atom. The van der Waals surface area contributed by atoms with Gasteiger partial charge in [0.2, 0.25) is 0 Å². The van der Waals surface area contributed by atoms with Gasteiger partial charge in [0.05, 0.1) is 15.4 Å². The standard InChI is InChI=1S/C20H14N3O4/c1-2-21-18-9-7-13(15-5-3-4-6-20(15)23(26)27)11-16(18)17-12-14(22(24)25)8-10-19(17)21/h3,5-12H,2H2,1H3. The highest BCUT2D eigenvalue weighted by Crippen LogP contribution is 2.36. The first-order chi connectivity index (χ1) is 13.0. The van der Waals surface area contributed by atoms with Gasteiger partial charge in [-0.2, -0.15) is 0 Å². The SMILES string of the molecule is CCn1c2ccc(-c3cc[c]cc3[N+](=O)[O-])cc2c2cc([N+](=O)[O-])ccc21. The second-order valence-electron chi connectivity index (χ2n) is 6.14. The van der Waals surface area contributed by atoms with E-state index in [1.165, 1.54) is 12.1 Å². The smallest absolute Gasteiger partial charge is 0.277 e. The van der Waals surface area contributed by atoms with Crippen LogP contribution in [0.2, 0.25) is 0 Å². The molecule has 0 bridgehead atoms. The lowest BCUT2D eigenvalue weighted by atomic mass is 10.0. The van der Waals surface area contributed by atoms with Crippen molar-refractivity contribution in [2.75, 3.05) is 0 Å². The third kappa shape index (κ3) is 2.60. The molecule has 0 saturated heterocycles. The van der Waals surface area contributed by atoms with Gasteiger partial charge in [-0.15, -0.1) is 0 Å². The Kier molecular flexibility index (Phi) is 3.84. The van der Waals surface area contributed by atoms with Crippen LogP contribution in [-0.4, -0.2) is 14.4 Å². The van der Waals surface area contributed by atoms with E-state index in [-0.39, 0.29) is 11.4 Å². The molecule has 7 nitrogen and oxygen atoms in total. The Morgan fingerprint density at radius 1 is 0.963 bits per heavy atom. The summed E-state index contributed by atoms with van der Waals surface area (Å²) in [7, 11) is 0. The maximum atomic E-state index is 11.3. The lowest BCUT2D eigenvalue weighted by molar-refractivity contribution is -0.384. The van der Waals surface area contributed by atoms with Crippen LogP contribution in [-0.2, 0) is 6.54 Å². The van der Waals surface area contributed by atoms with Crippen LogP contribution in [0.3, 0.4) is 0 Å². The average Bonchev–Trinajstić information content (AvgIpc) is 3.00. The number of benzene rings is 3. The molecule has 0 N–H and O–H groups in total. The predicted molar refractivity (Wildman–Crippen MR) is 103 cm³/mol. The molecule has 1 heterocycles. The zero-order chi connectivity index (χ0) is 19.1. The summed E-state index contributed by atoms with van der Waals surface area (Å²) < 4.78 is 2.07. The summed E-state index contributed by atoms with van der Waals surface area (Å²) in [6.07, 6.45) is 0. The molecule has 0 fully saturated rings. The Morgan fingerprint density at radius 2 is 1.67 bits per heavy atom. The maximum Gasteiger partial charge on any atom is 0.277 e. The third-order valence-corrected chi connectivity index (χ3v) is 4.73. The van der Waals surface area contributed by atoms with Gasteiger partial charge in [0, 0.05) is 46.5 Å². The van der Waals surface area contributed by atoms with Gasteiger partial charge in [-0.1, -0.05) is 12.1 Å². The quantitative estimate of drug-likeness (QED) is 0.374. The highest BCUT2D eigenvalue weighted by atomic mass is 16.6. The normalized spacial score (nSPS) is 11.1. The number of hydrogen-bond acceptors (Lipinski definition) is 4. The van der Waals surface area contributed by atoms with Crippen molar-refractivity contribution >= 4 is 33.2 Å². The van der Waals surface area contributed by atoms with Gasteiger partial charge in [0.1, 0.15) is 0 Å². The van der Waals surface area contributed by atoms with Crippen molar-refractivity contribution in [3.63, 3.8) is 0 Å². The van der Waals surface area contributed by atoms with Crippen molar-refractivity contribution in [3.05, 3.63) is 80.9 Å². The van der Waals surface area contributed by atoms with E-state index in [1.807, 2.05) is 25.1 Å². The van der Waals surface area contributed by atoms with Gasteiger partial charge in [0.15, 0.2) is 0 Å². The fourth-order valence-electron chi connectivity index (χ4n) is 3.53. The highest BCUT2D eigenvalue weighted by Gasteiger charge is 2.18. The van der Waals surface area contributed by atoms with Crippen molar-refractivity contribution in [1.82, 2.24) is 4.57 Å². The van der Waals surface area contributed by atoms with E-state index in [2.05, 4.69) is 10.6 Å². The maximum absolute atomic E-state index is 11.3. The van der Waals surface area contributed by atoms with Gasteiger partial charge >= 0.3 is 0 Å². The molecule has 27 heavy (non-hydrogen) atoms. The molecule has 4 rings (SSSR count). The molecule has 1 aromatic heterocycles. The molecule has 0 aliphatic carbocycles. The largest absolute Gasteiger partial charge is 0.341 e. The lowest BCUT2D eigenvalue weighted by Gasteiger charge is -2.05. The number of non-ortho nitro benzene ring substituents is 1. The molecule has 0 aliphatic heterocycles. The number of nitrogens with zero attached hydrogens (tertiary/aromatic N) is 3. The zero-order valence-electron chi connectivity index (χ0n) is 14.4. The van der Waals surface area contributed by atoms with Gasteiger partial charge < -0.3 is 4.57 Å². The Labute approximate surface area is 153 Å². The van der Waals surface area contributed by atoms with Gasteiger partial charge in [-0.3, -0.25) is 20.2 Å². The van der Waals surface area contributed by atoms with Crippen LogP contribution in [0.1, 0.15) is 6.92 Å². The zero-order valence-corrected chi connectivity index (χ0v) is 14.4. The molecule has 3 aromatic carbocycles. The predicted octanol–water partition coefficient (Wildman–Crippen LogP) is 5.10. The lowest BCUT2D eigenvalue weighted by Crippen LogP contribution is -1.94. The molecule has 0 amide bonds. The van der Waals surface area contributed by atoms with Crippen LogP contribution in [0.5, 0.6) is 0 Å². The number of rotatable bonds is 4. The Balaban J connectivity index is 2.05. The summed E-state index contributed by atoms with van der Waals surface area (Å²) in [5.41, 5.74) is 2.99. The monoisotopic (exact) mass is 360 g/mol. The molecule has 1 radical (unpaired) electrons. The molecule has 0 saturated carbocycles. The second-order valence-corrected chi connectivity index (χ2v) is 6.14. The number of aryl methyl sites for hydroxylation is 1. The number of nitro benzene ring substituents is 2. The minimum Gasteiger partial charge on any atom is -0.341 e. The van der Waals surface area contributed by atoms with E-state index in [4.69, 9.17) is 0 Å². The van der Waals surface area contributed by atoms with Crippen molar-refractivity contribution in [2.45, 2.75) is 13.5 Å². The van der Waals surface area contributed by atoms with E-state index in [0.717, 1.165) is 21.8 Å². The van der Waals surface area contributed by atoms with Gasteiger partial charge in [0.25, 0.3) is 11.4 Å². The average molecular weight is 360 g/mol. The summed E-state index contributed by atoms with van der Waals surface area (Å²) in [4.78, 5) is 21.7. The first-order valence-electron chi connectivity index (χ1n) is 8.36. The molecule has 0 aliphatic rings. The van der Waals surface area contributed by atoms with E-state index < -0.39 is 9.85 Å². The number of fused-ring (bicyclic) bond motifs is 3. The van der Waals surface area contributed by atoms with Crippen molar-refractivity contribution < 1.29 is 9.85 Å². The Bertz CT molecular complexity index is 1230. The van der Waals surface area contributed by atoms with E-state index >= 15 is 0 Å². The van der Waals surface area contributed by atoms with Crippen molar-refractivity contribution in [1.29, 1.82) is 0 Å². The summed E-state index contributed by atoms with van der Waals surface area (Å²) >= 11 is 0. The van der Waals surface area contributed by atoms with E-state index in [1.54, 1.807) is 24.3 Å². The van der Waals surface area contributed by atoms with Crippen LogP contribution in [0.25, 0.3) is 32.9 Å². The van der Waals surface area contributed by atoms with Crippen LogP contribution >= 0.6 is 0 Å². The first-order valence-corrected chi connectivity index (χ1v) is 8.36. The van der Waals surface area contributed by atoms with E-state index in [9.17, 15) is 20.2 Å². The summed E-state index contributed by atoms with van der Waals surface area (Å²) in [6, 6.07) is 17.8. The number of nitro groups is 2. The first kappa shape index (κ1) is 16.7. The van der Waals surface area contributed by atoms with Crippen LogP contribution in [0, 0.1) is 26.3 Å². The summed E-state index contributed by atoms with van der Waals surface area (Å²) in [5, 5.41) is 24.1. The van der Waals surface area contributed by atoms with Gasteiger partial charge in [-0.25, -0.2) is 0 Å². The van der Waals surface area contributed by atoms with E-state index in [0.29, 0.717) is 17.7 Å². The topological polar surface area (TPSA) is 91.2 Å². The molecule has 7 heteroatoms. The highest BCUT2D eigenvalue weighted by molar-refractivity contribution is 6.10. The molecule has 0 unspecified atom stereocenters. The molecular formula is C20H14N3O4. The van der Waals surface area contributed by atoms with Crippen molar-refractivity contribution in [3.8, 4) is 11.1 Å². The van der Waals surface area contributed by atoms with Crippen LogP contribution in [0.4, 0.5) is 11.4 Å². The molecule has 133 valence electrons. The molecular weight excluding hydrogens is 346 g/mol. The number of hydrogen-bond donors (Lipinski definition) is 0. The fraction of sp³-hybridized carbons (Fsp3) is 0.100. The van der Waals surface area contributed by atoms with Crippen molar-refractivity contribution in [2.24, 2.45) is 0 Å². The van der Waals surface area contributed by atoms with Crippen LogP contribution in [0.15, 0.2) is 54.6 Å². The molecule has 0 atom stereocenters. The minimum absolute atomic E-state index is 0.0170. The molecule has 0 spiro atoms. The minimum atomic E-state index is -0.434. The summed E-state index contributed by atoms with van der Waals surface area (Å²) in [6.45, 7) is 2.71. The number of aromatic nitrogens is 1. The van der Waals surface area contributed by atoms with Gasteiger partial charge in [-0.05, 0) is 42.8 Å². The summed E-state index contributed by atoms with van der Waals surface area (Å²) in [5.74, 6) is 0.